The molecule has 1 aromatic carbocycles. The molecule has 0 unspecified atom stereocenters. The van der Waals surface area contributed by atoms with Crippen molar-refractivity contribution in [1.29, 1.82) is 0 Å². The molecule has 1 rings (SSSR count). The molecule has 0 saturated carbocycles. The summed E-state index contributed by atoms with van der Waals surface area (Å²) in [6.45, 7) is 6.05. The van der Waals surface area contributed by atoms with Crippen LogP contribution in [0.15, 0.2) is 27.6 Å². The van der Waals surface area contributed by atoms with Crippen LogP contribution >= 0.6 is 26.6 Å². The summed E-state index contributed by atoms with van der Waals surface area (Å²) in [6.07, 6.45) is 2.42. The minimum Gasteiger partial charge on any atom is -0.347 e. The number of hydrogen-bond acceptors (Lipinski definition) is 3. The molecule has 0 saturated heterocycles. The maximum absolute atomic E-state index is 12.4. The molecule has 0 atom stereocenters. The van der Waals surface area contributed by atoms with E-state index in [1.54, 1.807) is 6.07 Å². The number of benzene rings is 1. The summed E-state index contributed by atoms with van der Waals surface area (Å²) in [5.41, 5.74) is -0.0114. The molecule has 0 aliphatic heterocycles. The highest BCUT2D eigenvalue weighted by Gasteiger charge is 2.27. The van der Waals surface area contributed by atoms with Crippen molar-refractivity contribution in [2.45, 2.75) is 50.5 Å². The fourth-order valence-corrected chi connectivity index (χ4v) is 3.61. The lowest BCUT2D eigenvalue weighted by molar-refractivity contribution is 0.0888. The summed E-state index contributed by atoms with van der Waals surface area (Å²) in [4.78, 5) is 12.3. The van der Waals surface area contributed by atoms with E-state index >= 15 is 0 Å². The minimum atomic E-state index is -3.88. The van der Waals surface area contributed by atoms with Crippen LogP contribution in [-0.4, -0.2) is 19.9 Å². The fourth-order valence-electron chi connectivity index (χ4n) is 2.16. The zero-order valence-electron chi connectivity index (χ0n) is 12.2. The molecule has 1 N–H and O–H groups in total. The van der Waals surface area contributed by atoms with Crippen molar-refractivity contribution >= 4 is 41.6 Å². The van der Waals surface area contributed by atoms with Crippen molar-refractivity contribution in [2.24, 2.45) is 0 Å². The average molecular weight is 397 g/mol. The lowest BCUT2D eigenvalue weighted by atomic mass is 9.89. The molecule has 7 heteroatoms. The summed E-state index contributed by atoms with van der Waals surface area (Å²) in [7, 11) is 1.46. The van der Waals surface area contributed by atoms with Crippen LogP contribution in [0.4, 0.5) is 0 Å². The van der Waals surface area contributed by atoms with Crippen molar-refractivity contribution in [3.8, 4) is 0 Å². The van der Waals surface area contributed by atoms with Gasteiger partial charge in [0.15, 0.2) is 0 Å². The van der Waals surface area contributed by atoms with Gasteiger partial charge in [-0.25, -0.2) is 8.42 Å². The number of hydrogen-bond donors (Lipinski definition) is 1. The Morgan fingerprint density at radius 2 is 1.71 bits per heavy atom. The summed E-state index contributed by atoms with van der Waals surface area (Å²) >= 11 is 3.20. The molecule has 0 radical (unpaired) electrons. The Bertz CT molecular complexity index is 619. The molecule has 0 fully saturated rings. The van der Waals surface area contributed by atoms with Crippen molar-refractivity contribution in [3.63, 3.8) is 0 Å². The van der Waals surface area contributed by atoms with Crippen molar-refractivity contribution in [3.05, 3.63) is 28.2 Å². The Balaban J connectivity index is 3.17. The van der Waals surface area contributed by atoms with Crippen molar-refractivity contribution in [1.82, 2.24) is 5.32 Å². The third-order valence-corrected chi connectivity index (χ3v) is 5.62. The Kier molecular flexibility index (Phi) is 6.25. The quantitative estimate of drug-likeness (QED) is 0.737. The van der Waals surface area contributed by atoms with E-state index in [4.69, 9.17) is 10.7 Å². The summed E-state index contributed by atoms with van der Waals surface area (Å²) in [6, 6.07) is 4.23. The van der Waals surface area contributed by atoms with Gasteiger partial charge in [0.1, 0.15) is 0 Å². The third-order valence-electron chi connectivity index (χ3n) is 3.82. The first-order chi connectivity index (χ1) is 9.67. The highest BCUT2D eigenvalue weighted by molar-refractivity contribution is 9.10. The molecule has 0 heterocycles. The van der Waals surface area contributed by atoms with Crippen LogP contribution in [0.5, 0.6) is 0 Å². The van der Waals surface area contributed by atoms with Gasteiger partial charge in [0.05, 0.1) is 4.90 Å². The first-order valence-corrected chi connectivity index (χ1v) is 9.85. The number of halogens is 2. The third kappa shape index (κ3) is 4.69. The van der Waals surface area contributed by atoms with Crippen LogP contribution in [0.25, 0.3) is 0 Å². The molecule has 0 aliphatic rings. The zero-order chi connectivity index (χ0) is 16.3. The van der Waals surface area contributed by atoms with Gasteiger partial charge in [0.25, 0.3) is 15.0 Å². The normalized spacial score (nSPS) is 12.2. The van der Waals surface area contributed by atoms with Crippen LogP contribution in [0.3, 0.4) is 0 Å². The lowest BCUT2D eigenvalue weighted by Gasteiger charge is -2.31. The number of nitrogens with one attached hydrogen (secondary N) is 1. The van der Waals surface area contributed by atoms with Crippen LogP contribution in [0, 0.1) is 0 Å². The van der Waals surface area contributed by atoms with E-state index in [1.165, 1.54) is 12.1 Å². The number of carbonyl (C=O) groups is 1. The number of rotatable bonds is 6. The van der Waals surface area contributed by atoms with E-state index in [1.807, 2.05) is 20.8 Å². The summed E-state index contributed by atoms with van der Waals surface area (Å²) in [5, 5.41) is 3.00. The largest absolute Gasteiger partial charge is 0.347 e. The van der Waals surface area contributed by atoms with Gasteiger partial charge in [-0.3, -0.25) is 4.79 Å². The molecule has 4 nitrogen and oxygen atoms in total. The van der Waals surface area contributed by atoms with Gasteiger partial charge < -0.3 is 5.32 Å². The smallest absolute Gasteiger partial charge is 0.261 e. The second kappa shape index (κ2) is 7.11. The van der Waals surface area contributed by atoms with Gasteiger partial charge in [0, 0.05) is 26.3 Å². The second-order valence-electron chi connectivity index (χ2n) is 4.91. The Morgan fingerprint density at radius 1 is 1.19 bits per heavy atom. The van der Waals surface area contributed by atoms with E-state index in [2.05, 4.69) is 21.2 Å². The Morgan fingerprint density at radius 3 is 2.14 bits per heavy atom. The van der Waals surface area contributed by atoms with Gasteiger partial charge in [-0.05, 0) is 37.5 Å². The topological polar surface area (TPSA) is 63.2 Å². The molecule has 1 amide bonds. The second-order valence-corrected chi connectivity index (χ2v) is 8.39. The first-order valence-electron chi connectivity index (χ1n) is 6.75. The molecule has 118 valence electrons. The van der Waals surface area contributed by atoms with Gasteiger partial charge in [0.2, 0.25) is 0 Å². The van der Waals surface area contributed by atoms with Crippen LogP contribution in [0.1, 0.15) is 50.4 Å². The molecule has 0 aromatic heterocycles. The van der Waals surface area contributed by atoms with E-state index in [0.717, 1.165) is 19.3 Å². The SMILES string of the molecule is CCC(CC)(CC)NC(=O)c1cc(Br)cc(S(=O)(=O)Cl)c1. The molecular formula is C14H19BrClNO3S. The van der Waals surface area contributed by atoms with Crippen LogP contribution in [0.2, 0.25) is 0 Å². The number of amides is 1. The summed E-state index contributed by atoms with van der Waals surface area (Å²) in [5.74, 6) is -0.302. The Hall–Kier alpha value is -0.590. The Labute approximate surface area is 138 Å². The predicted molar refractivity (Wildman–Crippen MR) is 88.3 cm³/mol. The van der Waals surface area contributed by atoms with E-state index in [0.29, 0.717) is 4.47 Å². The average Bonchev–Trinajstić information content (AvgIpc) is 2.43. The van der Waals surface area contributed by atoms with Crippen molar-refractivity contribution in [2.75, 3.05) is 0 Å². The van der Waals surface area contributed by atoms with Crippen LogP contribution in [-0.2, 0) is 9.05 Å². The molecule has 0 spiro atoms. The zero-order valence-corrected chi connectivity index (χ0v) is 15.4. The lowest BCUT2D eigenvalue weighted by Crippen LogP contribution is -2.47. The molecule has 0 aliphatic carbocycles. The van der Waals surface area contributed by atoms with E-state index < -0.39 is 9.05 Å². The minimum absolute atomic E-state index is 0.0983. The van der Waals surface area contributed by atoms with Crippen molar-refractivity contribution < 1.29 is 13.2 Å². The van der Waals surface area contributed by atoms with Gasteiger partial charge in [-0.15, -0.1) is 0 Å². The first kappa shape index (κ1) is 18.5. The standard InChI is InChI=1S/C14H19BrClNO3S/c1-4-14(5-2,6-3)17-13(18)10-7-11(15)9-12(8-10)21(16,19)20/h7-9H,4-6H2,1-3H3,(H,17,18). The molecule has 21 heavy (non-hydrogen) atoms. The van der Waals surface area contributed by atoms with E-state index in [-0.39, 0.29) is 21.9 Å². The highest BCUT2D eigenvalue weighted by atomic mass is 79.9. The van der Waals surface area contributed by atoms with Gasteiger partial charge >= 0.3 is 0 Å². The maximum atomic E-state index is 12.4. The maximum Gasteiger partial charge on any atom is 0.261 e. The molecular weight excluding hydrogens is 378 g/mol. The van der Waals surface area contributed by atoms with Crippen LogP contribution < -0.4 is 5.32 Å². The van der Waals surface area contributed by atoms with Gasteiger partial charge in [-0.1, -0.05) is 36.7 Å². The monoisotopic (exact) mass is 395 g/mol. The number of carbonyl (C=O) groups excluding carboxylic acids is 1. The van der Waals surface area contributed by atoms with Gasteiger partial charge in [-0.2, -0.15) is 0 Å². The predicted octanol–water partition coefficient (Wildman–Crippen LogP) is 4.08. The fraction of sp³-hybridized carbons (Fsp3) is 0.500. The molecule has 0 bridgehead atoms. The highest BCUT2D eigenvalue weighted by Crippen LogP contribution is 2.24. The summed E-state index contributed by atoms with van der Waals surface area (Å²) < 4.78 is 23.3. The molecule has 1 aromatic rings. The van der Waals surface area contributed by atoms with E-state index in [9.17, 15) is 13.2 Å².